The Balaban J connectivity index is 2.25. The van der Waals surface area contributed by atoms with E-state index in [1.165, 1.54) is 0 Å². The van der Waals surface area contributed by atoms with Gasteiger partial charge in [-0.3, -0.25) is 9.79 Å². The van der Waals surface area contributed by atoms with Crippen molar-refractivity contribution in [2.45, 2.75) is 25.7 Å². The van der Waals surface area contributed by atoms with Crippen molar-refractivity contribution in [2.75, 3.05) is 19.6 Å². The van der Waals surface area contributed by atoms with Crippen LogP contribution in [0.15, 0.2) is 17.3 Å². The summed E-state index contributed by atoms with van der Waals surface area (Å²) in [7, 11) is 0. The molecule has 0 aromatic carbocycles. The van der Waals surface area contributed by atoms with Crippen LogP contribution in [-0.2, 0) is 4.79 Å². The quantitative estimate of drug-likeness (QED) is 0.711. The first kappa shape index (κ1) is 12.9. The zero-order valence-electron chi connectivity index (χ0n) is 9.77. The number of carbonyl (C=O) groups is 1. The highest BCUT2D eigenvalue weighted by Gasteiger charge is 2.21. The molecule has 0 saturated carbocycles. The number of hydrogen-bond acceptors (Lipinski definition) is 3. The van der Waals surface area contributed by atoms with Crippen molar-refractivity contribution in [3.8, 4) is 0 Å². The number of allylic oxidation sites excluding steroid dienone is 1. The van der Waals surface area contributed by atoms with Crippen molar-refractivity contribution >= 4 is 12.6 Å². The highest BCUT2D eigenvalue weighted by Crippen LogP contribution is 2.21. The lowest BCUT2D eigenvalue weighted by Gasteiger charge is -2.31. The first-order valence-electron chi connectivity index (χ1n) is 5.86. The monoisotopic (exact) mass is 223 g/mol. The Labute approximate surface area is 97.2 Å². The largest absolute Gasteiger partial charge is 0.343 e. The molecule has 1 heterocycles. The Morgan fingerprint density at radius 1 is 1.50 bits per heavy atom. The zero-order valence-corrected chi connectivity index (χ0v) is 9.77. The lowest BCUT2D eigenvalue weighted by Crippen LogP contribution is -2.39. The molecule has 0 aromatic heterocycles. The van der Waals surface area contributed by atoms with E-state index in [1.54, 1.807) is 6.20 Å². The third-order valence-corrected chi connectivity index (χ3v) is 3.01. The molecule has 0 radical (unpaired) electrons. The van der Waals surface area contributed by atoms with Crippen LogP contribution in [0.1, 0.15) is 25.7 Å². The van der Waals surface area contributed by atoms with Gasteiger partial charge in [-0.05, 0) is 31.9 Å². The van der Waals surface area contributed by atoms with Crippen LogP contribution in [0.4, 0.5) is 0 Å². The molecule has 0 spiro atoms. The minimum atomic E-state index is 0.198. The van der Waals surface area contributed by atoms with E-state index in [4.69, 9.17) is 5.73 Å². The molecule has 1 saturated heterocycles. The lowest BCUT2D eigenvalue weighted by molar-refractivity contribution is -0.132. The van der Waals surface area contributed by atoms with Gasteiger partial charge < -0.3 is 10.6 Å². The van der Waals surface area contributed by atoms with E-state index in [9.17, 15) is 4.79 Å². The fourth-order valence-corrected chi connectivity index (χ4v) is 2.03. The summed E-state index contributed by atoms with van der Waals surface area (Å²) in [5.74, 6) is 0.879. The fraction of sp³-hybridized carbons (Fsp3) is 0.667. The second-order valence-electron chi connectivity index (χ2n) is 4.17. The van der Waals surface area contributed by atoms with Gasteiger partial charge in [0.1, 0.15) is 0 Å². The SMILES string of the molecule is C=N/C=C\CC1CCN(C(=O)CCN)CC1. The maximum atomic E-state index is 11.6. The number of carbonyl (C=O) groups excluding carboxylic acids is 1. The van der Waals surface area contributed by atoms with E-state index in [0.717, 1.165) is 32.4 Å². The summed E-state index contributed by atoms with van der Waals surface area (Å²) in [6, 6.07) is 0. The van der Waals surface area contributed by atoms with Gasteiger partial charge in [0, 0.05) is 32.3 Å². The van der Waals surface area contributed by atoms with Crippen molar-refractivity contribution in [2.24, 2.45) is 16.6 Å². The van der Waals surface area contributed by atoms with Gasteiger partial charge in [-0.1, -0.05) is 6.08 Å². The van der Waals surface area contributed by atoms with E-state index in [0.29, 0.717) is 18.9 Å². The van der Waals surface area contributed by atoms with E-state index < -0.39 is 0 Å². The fourth-order valence-electron chi connectivity index (χ4n) is 2.03. The molecule has 0 atom stereocenters. The zero-order chi connectivity index (χ0) is 11.8. The van der Waals surface area contributed by atoms with Crippen LogP contribution < -0.4 is 5.73 Å². The molecule has 1 fully saturated rings. The molecule has 2 N–H and O–H groups in total. The topological polar surface area (TPSA) is 58.7 Å². The Morgan fingerprint density at radius 2 is 2.19 bits per heavy atom. The highest BCUT2D eigenvalue weighted by atomic mass is 16.2. The van der Waals surface area contributed by atoms with Gasteiger partial charge in [0.05, 0.1) is 0 Å². The van der Waals surface area contributed by atoms with Crippen molar-refractivity contribution in [3.63, 3.8) is 0 Å². The molecule has 0 unspecified atom stereocenters. The number of nitrogens with two attached hydrogens (primary N) is 1. The van der Waals surface area contributed by atoms with Gasteiger partial charge in [-0.2, -0.15) is 0 Å². The summed E-state index contributed by atoms with van der Waals surface area (Å²) >= 11 is 0. The summed E-state index contributed by atoms with van der Waals surface area (Å²) in [5.41, 5.74) is 5.37. The third-order valence-electron chi connectivity index (χ3n) is 3.01. The van der Waals surface area contributed by atoms with Crippen LogP contribution in [0.2, 0.25) is 0 Å². The van der Waals surface area contributed by atoms with Crippen molar-refractivity contribution in [1.29, 1.82) is 0 Å². The summed E-state index contributed by atoms with van der Waals surface area (Å²) in [6.07, 6.45) is 7.47. The molecule has 0 aliphatic carbocycles. The third kappa shape index (κ3) is 4.14. The van der Waals surface area contributed by atoms with Crippen molar-refractivity contribution in [1.82, 2.24) is 4.90 Å². The van der Waals surface area contributed by atoms with Crippen LogP contribution in [0, 0.1) is 5.92 Å². The second-order valence-corrected chi connectivity index (χ2v) is 4.17. The van der Waals surface area contributed by atoms with E-state index in [2.05, 4.69) is 17.8 Å². The van der Waals surface area contributed by atoms with Crippen molar-refractivity contribution < 1.29 is 4.79 Å². The summed E-state index contributed by atoms with van der Waals surface area (Å²) in [6.45, 7) is 5.60. The molecule has 90 valence electrons. The smallest absolute Gasteiger partial charge is 0.223 e. The number of hydrogen-bond donors (Lipinski definition) is 1. The van der Waals surface area contributed by atoms with Gasteiger partial charge in [0.25, 0.3) is 0 Å². The van der Waals surface area contributed by atoms with Crippen LogP contribution in [0.5, 0.6) is 0 Å². The highest BCUT2D eigenvalue weighted by molar-refractivity contribution is 5.76. The van der Waals surface area contributed by atoms with Crippen LogP contribution in [0.3, 0.4) is 0 Å². The normalized spacial score (nSPS) is 17.9. The molecule has 1 amide bonds. The molecule has 1 aliphatic rings. The molecule has 1 aliphatic heterocycles. The number of likely N-dealkylation sites (tertiary alicyclic amines) is 1. The van der Waals surface area contributed by atoms with Crippen LogP contribution in [0.25, 0.3) is 0 Å². The second kappa shape index (κ2) is 7.17. The summed E-state index contributed by atoms with van der Waals surface area (Å²) < 4.78 is 0. The van der Waals surface area contributed by atoms with E-state index >= 15 is 0 Å². The van der Waals surface area contributed by atoms with Crippen molar-refractivity contribution in [3.05, 3.63) is 12.3 Å². The van der Waals surface area contributed by atoms with Gasteiger partial charge in [0.15, 0.2) is 0 Å². The minimum absolute atomic E-state index is 0.198. The molecule has 4 nitrogen and oxygen atoms in total. The van der Waals surface area contributed by atoms with Gasteiger partial charge in [-0.15, -0.1) is 0 Å². The predicted octanol–water partition coefficient (Wildman–Crippen LogP) is 1.18. The maximum absolute atomic E-state index is 11.6. The molecule has 1 rings (SSSR count). The first-order valence-corrected chi connectivity index (χ1v) is 5.86. The average molecular weight is 223 g/mol. The number of aliphatic imine (C=N–C) groups is 1. The van der Waals surface area contributed by atoms with Gasteiger partial charge in [0.2, 0.25) is 5.91 Å². The standard InChI is InChI=1S/C12H21N3O/c1-14-8-2-3-11-5-9-15(10-6-11)12(16)4-7-13/h2,8,11H,1,3-7,9-10,13H2/b8-2-. The molecule has 16 heavy (non-hydrogen) atoms. The maximum Gasteiger partial charge on any atom is 0.223 e. The van der Waals surface area contributed by atoms with E-state index in [-0.39, 0.29) is 5.91 Å². The van der Waals surface area contributed by atoms with Gasteiger partial charge in [-0.25, -0.2) is 0 Å². The molecular formula is C12H21N3O. The molecule has 0 bridgehead atoms. The number of rotatable bonds is 5. The predicted molar refractivity (Wildman–Crippen MR) is 66.3 cm³/mol. The average Bonchev–Trinajstić information content (AvgIpc) is 2.30. The lowest BCUT2D eigenvalue weighted by atomic mass is 9.93. The molecule has 4 heteroatoms. The number of amides is 1. The Bertz CT molecular complexity index is 255. The number of nitrogens with zero attached hydrogens (tertiary/aromatic N) is 2. The number of piperidine rings is 1. The first-order chi connectivity index (χ1) is 7.77. The van der Waals surface area contributed by atoms with Crippen LogP contribution >= 0.6 is 0 Å². The Kier molecular flexibility index (Phi) is 5.78. The van der Waals surface area contributed by atoms with E-state index in [1.807, 2.05) is 4.90 Å². The Morgan fingerprint density at radius 3 is 2.75 bits per heavy atom. The minimum Gasteiger partial charge on any atom is -0.343 e. The van der Waals surface area contributed by atoms with Gasteiger partial charge >= 0.3 is 0 Å². The molecule has 0 aromatic rings. The summed E-state index contributed by atoms with van der Waals surface area (Å²) in [5, 5.41) is 0. The van der Waals surface area contributed by atoms with Crippen LogP contribution in [-0.4, -0.2) is 37.2 Å². The molecular weight excluding hydrogens is 202 g/mol. The Hall–Kier alpha value is -1.16. The summed E-state index contributed by atoms with van der Waals surface area (Å²) in [4.78, 5) is 17.2.